The summed E-state index contributed by atoms with van der Waals surface area (Å²) in [5, 5.41) is 7.25. The number of amides is 1. The molecule has 3 rings (SSSR count). The van der Waals surface area contributed by atoms with E-state index in [1.54, 1.807) is 4.68 Å². The van der Waals surface area contributed by atoms with E-state index >= 15 is 0 Å². The predicted octanol–water partition coefficient (Wildman–Crippen LogP) is 2.06. The zero-order chi connectivity index (χ0) is 11.8. The molecule has 4 nitrogen and oxygen atoms in total. The first-order valence-corrected chi connectivity index (χ1v) is 6.15. The van der Waals surface area contributed by atoms with Crippen molar-refractivity contribution in [2.45, 2.75) is 6.54 Å². The lowest BCUT2D eigenvalue weighted by atomic mass is 10.1. The molecule has 0 spiro atoms. The normalized spacial score (nSPS) is 14.3. The fourth-order valence-corrected chi connectivity index (χ4v) is 2.32. The lowest BCUT2D eigenvalue weighted by Crippen LogP contribution is -2.35. The highest BCUT2D eigenvalue weighted by Crippen LogP contribution is 2.23. The third kappa shape index (κ3) is 1.86. The molecule has 0 atom stereocenters. The van der Waals surface area contributed by atoms with E-state index in [4.69, 9.17) is 0 Å². The van der Waals surface area contributed by atoms with Crippen LogP contribution in [0, 0.1) is 0 Å². The molecule has 17 heavy (non-hydrogen) atoms. The smallest absolute Gasteiger partial charge is 0.269 e. The summed E-state index contributed by atoms with van der Waals surface area (Å²) in [6.07, 6.45) is 0. The molecular formula is C12H10BrN3O. The van der Waals surface area contributed by atoms with E-state index in [0.29, 0.717) is 12.2 Å². The molecule has 5 heteroatoms. The van der Waals surface area contributed by atoms with Crippen LogP contribution in [0.25, 0.3) is 11.3 Å². The zero-order valence-corrected chi connectivity index (χ0v) is 10.6. The van der Waals surface area contributed by atoms with Crippen molar-refractivity contribution in [3.05, 3.63) is 40.5 Å². The van der Waals surface area contributed by atoms with Crippen molar-refractivity contribution >= 4 is 21.8 Å². The number of fused-ring (bicyclic) bond motifs is 1. The maximum absolute atomic E-state index is 11.6. The van der Waals surface area contributed by atoms with Crippen LogP contribution in [0.4, 0.5) is 0 Å². The first-order valence-electron chi connectivity index (χ1n) is 5.36. The maximum Gasteiger partial charge on any atom is 0.269 e. The van der Waals surface area contributed by atoms with Crippen LogP contribution in [0.3, 0.4) is 0 Å². The van der Waals surface area contributed by atoms with E-state index in [2.05, 4.69) is 26.3 Å². The molecule has 86 valence electrons. The number of aromatic nitrogens is 2. The van der Waals surface area contributed by atoms with Crippen LogP contribution in [0.2, 0.25) is 0 Å². The van der Waals surface area contributed by atoms with Crippen LogP contribution >= 0.6 is 15.9 Å². The average Bonchev–Trinajstić information content (AvgIpc) is 2.74. The summed E-state index contributed by atoms with van der Waals surface area (Å²) in [6, 6.07) is 9.73. The van der Waals surface area contributed by atoms with Gasteiger partial charge in [0.25, 0.3) is 5.91 Å². The molecule has 1 aromatic carbocycles. The summed E-state index contributed by atoms with van der Waals surface area (Å²) < 4.78 is 2.76. The molecule has 1 N–H and O–H groups in total. The molecule has 0 bridgehead atoms. The van der Waals surface area contributed by atoms with Gasteiger partial charge < -0.3 is 5.32 Å². The monoisotopic (exact) mass is 291 g/mol. The summed E-state index contributed by atoms with van der Waals surface area (Å²) in [6.45, 7) is 1.38. The Morgan fingerprint density at radius 3 is 3.00 bits per heavy atom. The Morgan fingerprint density at radius 2 is 2.24 bits per heavy atom. The van der Waals surface area contributed by atoms with Gasteiger partial charge in [0.2, 0.25) is 0 Å². The van der Waals surface area contributed by atoms with Gasteiger partial charge in [-0.05, 0) is 18.2 Å². The zero-order valence-electron chi connectivity index (χ0n) is 8.98. The molecule has 1 amide bonds. The largest absolute Gasteiger partial charge is 0.349 e. The van der Waals surface area contributed by atoms with Gasteiger partial charge in [-0.2, -0.15) is 5.10 Å². The summed E-state index contributed by atoms with van der Waals surface area (Å²) in [4.78, 5) is 11.6. The number of rotatable bonds is 1. The average molecular weight is 292 g/mol. The highest BCUT2D eigenvalue weighted by molar-refractivity contribution is 9.10. The fraction of sp³-hybridized carbons (Fsp3) is 0.167. The number of nitrogens with zero attached hydrogens (tertiary/aromatic N) is 2. The molecule has 0 unspecified atom stereocenters. The molecule has 1 aliphatic rings. The van der Waals surface area contributed by atoms with Gasteiger partial charge in [-0.1, -0.05) is 28.1 Å². The van der Waals surface area contributed by atoms with E-state index < -0.39 is 0 Å². The SMILES string of the molecule is O=C1NCCn2nc(-c3cccc(Br)c3)cc21. The van der Waals surface area contributed by atoms with E-state index in [1.807, 2.05) is 30.3 Å². The van der Waals surface area contributed by atoms with Crippen molar-refractivity contribution in [2.75, 3.05) is 6.54 Å². The highest BCUT2D eigenvalue weighted by Gasteiger charge is 2.19. The third-order valence-electron chi connectivity index (χ3n) is 2.74. The van der Waals surface area contributed by atoms with Crippen LogP contribution in [0.15, 0.2) is 34.8 Å². The Bertz CT molecular complexity index is 591. The first kappa shape index (κ1) is 10.5. The van der Waals surface area contributed by atoms with Gasteiger partial charge in [0.1, 0.15) is 5.69 Å². The number of carbonyl (C=O) groups excluding carboxylic acids is 1. The van der Waals surface area contributed by atoms with Gasteiger partial charge in [0, 0.05) is 16.6 Å². The molecule has 0 fully saturated rings. The minimum Gasteiger partial charge on any atom is -0.349 e. The van der Waals surface area contributed by atoms with Crippen molar-refractivity contribution < 1.29 is 4.79 Å². The molecule has 0 saturated heterocycles. The minimum absolute atomic E-state index is 0.0509. The van der Waals surface area contributed by atoms with Crippen LogP contribution in [0.5, 0.6) is 0 Å². The molecule has 1 aromatic heterocycles. The Labute approximate surface area is 107 Å². The highest BCUT2D eigenvalue weighted by atomic mass is 79.9. The Kier molecular flexibility index (Phi) is 2.48. The van der Waals surface area contributed by atoms with Gasteiger partial charge in [-0.3, -0.25) is 9.48 Å². The Morgan fingerprint density at radius 1 is 1.35 bits per heavy atom. The van der Waals surface area contributed by atoms with Crippen molar-refractivity contribution in [2.24, 2.45) is 0 Å². The van der Waals surface area contributed by atoms with E-state index in [9.17, 15) is 4.79 Å². The molecule has 1 aliphatic heterocycles. The standard InChI is InChI=1S/C12H10BrN3O/c13-9-3-1-2-8(6-9)10-7-11-12(17)14-4-5-16(11)15-10/h1-3,6-7H,4-5H2,(H,14,17). The minimum atomic E-state index is -0.0509. The first-order chi connectivity index (χ1) is 8.24. The lowest BCUT2D eigenvalue weighted by molar-refractivity contribution is 0.0924. The van der Waals surface area contributed by atoms with Crippen molar-refractivity contribution in [3.8, 4) is 11.3 Å². The Balaban J connectivity index is 2.08. The summed E-state index contributed by atoms with van der Waals surface area (Å²) in [5.41, 5.74) is 2.47. The van der Waals surface area contributed by atoms with Crippen LogP contribution in [-0.4, -0.2) is 22.2 Å². The Hall–Kier alpha value is -1.62. The number of halogens is 1. The van der Waals surface area contributed by atoms with E-state index in [-0.39, 0.29) is 5.91 Å². The van der Waals surface area contributed by atoms with Crippen molar-refractivity contribution in [1.29, 1.82) is 0 Å². The van der Waals surface area contributed by atoms with Gasteiger partial charge >= 0.3 is 0 Å². The maximum atomic E-state index is 11.6. The predicted molar refractivity (Wildman–Crippen MR) is 67.7 cm³/mol. The van der Waals surface area contributed by atoms with E-state index in [1.165, 1.54) is 0 Å². The second-order valence-corrected chi connectivity index (χ2v) is 4.82. The number of hydrogen-bond donors (Lipinski definition) is 1. The summed E-state index contributed by atoms with van der Waals surface area (Å²) in [7, 11) is 0. The van der Waals surface area contributed by atoms with Gasteiger partial charge in [-0.25, -0.2) is 0 Å². The van der Waals surface area contributed by atoms with Crippen LogP contribution in [0.1, 0.15) is 10.5 Å². The lowest BCUT2D eigenvalue weighted by Gasteiger charge is -2.13. The van der Waals surface area contributed by atoms with Gasteiger partial charge in [-0.15, -0.1) is 0 Å². The second-order valence-electron chi connectivity index (χ2n) is 3.90. The number of hydrogen-bond acceptors (Lipinski definition) is 2. The number of benzene rings is 1. The quantitative estimate of drug-likeness (QED) is 0.874. The van der Waals surface area contributed by atoms with Crippen molar-refractivity contribution in [3.63, 3.8) is 0 Å². The topological polar surface area (TPSA) is 46.9 Å². The second kappa shape index (κ2) is 4.00. The molecule has 0 aliphatic carbocycles. The summed E-state index contributed by atoms with van der Waals surface area (Å²) in [5.74, 6) is -0.0509. The van der Waals surface area contributed by atoms with Crippen molar-refractivity contribution in [1.82, 2.24) is 15.1 Å². The van der Waals surface area contributed by atoms with Gasteiger partial charge in [0.05, 0.1) is 12.2 Å². The fourth-order valence-electron chi connectivity index (χ4n) is 1.92. The number of carbonyl (C=O) groups is 1. The molecule has 2 aromatic rings. The third-order valence-corrected chi connectivity index (χ3v) is 3.24. The molecule has 0 radical (unpaired) electrons. The van der Waals surface area contributed by atoms with E-state index in [0.717, 1.165) is 22.3 Å². The number of nitrogens with one attached hydrogen (secondary N) is 1. The molecular weight excluding hydrogens is 282 g/mol. The molecule has 2 heterocycles. The summed E-state index contributed by atoms with van der Waals surface area (Å²) >= 11 is 3.43. The van der Waals surface area contributed by atoms with Crippen LogP contribution < -0.4 is 5.32 Å². The van der Waals surface area contributed by atoms with Crippen LogP contribution in [-0.2, 0) is 6.54 Å². The van der Waals surface area contributed by atoms with Gasteiger partial charge in [0.15, 0.2) is 0 Å². The molecule has 0 saturated carbocycles.